The molecule has 2 aliphatic rings. The summed E-state index contributed by atoms with van der Waals surface area (Å²) < 4.78 is 0. The van der Waals surface area contributed by atoms with E-state index in [4.69, 9.17) is 0 Å². The molecular weight excluding hydrogens is 172 g/mol. The van der Waals surface area contributed by atoms with Crippen LogP contribution < -0.4 is 5.32 Å². The Morgan fingerprint density at radius 3 is 2.58 bits per heavy atom. The molecule has 2 fully saturated rings. The van der Waals surface area contributed by atoms with E-state index >= 15 is 0 Å². The Bertz CT molecular complexity index is 176. The molecule has 0 unspecified atom stereocenters. The monoisotopic (exact) mass is 186 g/mol. The lowest BCUT2D eigenvalue weighted by molar-refractivity contribution is 0.202. The number of carbonyl (C=O) groups excluding carboxylic acids is 1. The molecule has 0 atom stereocenters. The highest BCUT2D eigenvalue weighted by Gasteiger charge is 2.26. The van der Waals surface area contributed by atoms with Gasteiger partial charge in [-0.15, -0.1) is 0 Å². The second kappa shape index (κ2) is 3.56. The summed E-state index contributed by atoms with van der Waals surface area (Å²) in [6.07, 6.45) is 2.35. The van der Waals surface area contributed by atoms with Crippen LogP contribution in [-0.2, 0) is 0 Å². The van der Waals surface area contributed by atoms with Gasteiger partial charge in [0, 0.05) is 30.6 Å². The minimum Gasteiger partial charge on any atom is -0.335 e. The lowest BCUT2D eigenvalue weighted by Crippen LogP contribution is -2.45. The van der Waals surface area contributed by atoms with E-state index in [0.29, 0.717) is 6.04 Å². The zero-order valence-corrected chi connectivity index (χ0v) is 7.90. The summed E-state index contributed by atoms with van der Waals surface area (Å²) in [5.41, 5.74) is 0. The van der Waals surface area contributed by atoms with Crippen molar-refractivity contribution in [2.24, 2.45) is 0 Å². The number of carbonyl (C=O) groups is 1. The van der Waals surface area contributed by atoms with Gasteiger partial charge in [0.1, 0.15) is 0 Å². The molecular formula is C8H14N2OS. The highest BCUT2D eigenvalue weighted by molar-refractivity contribution is 7.99. The van der Waals surface area contributed by atoms with Gasteiger partial charge in [-0.3, -0.25) is 0 Å². The number of urea groups is 1. The molecule has 2 rings (SSSR count). The van der Waals surface area contributed by atoms with Crippen LogP contribution in [0.4, 0.5) is 4.79 Å². The normalized spacial score (nSPS) is 23.8. The maximum absolute atomic E-state index is 11.5. The molecule has 0 bridgehead atoms. The van der Waals surface area contributed by atoms with E-state index in [1.807, 2.05) is 16.7 Å². The molecule has 0 aromatic carbocycles. The summed E-state index contributed by atoms with van der Waals surface area (Å²) >= 11 is 1.93. The number of nitrogens with one attached hydrogen (secondary N) is 1. The van der Waals surface area contributed by atoms with Crippen molar-refractivity contribution < 1.29 is 4.79 Å². The Kier molecular flexibility index (Phi) is 2.44. The number of thioether (sulfide) groups is 1. The molecule has 12 heavy (non-hydrogen) atoms. The van der Waals surface area contributed by atoms with E-state index in [1.54, 1.807) is 0 Å². The average molecular weight is 186 g/mol. The van der Waals surface area contributed by atoms with Crippen LogP contribution in [0, 0.1) is 0 Å². The van der Waals surface area contributed by atoms with Crippen LogP contribution in [-0.4, -0.2) is 41.6 Å². The van der Waals surface area contributed by atoms with E-state index in [9.17, 15) is 4.79 Å². The molecule has 0 spiro atoms. The van der Waals surface area contributed by atoms with Gasteiger partial charge in [0.05, 0.1) is 0 Å². The largest absolute Gasteiger partial charge is 0.335 e. The highest BCUT2D eigenvalue weighted by Crippen LogP contribution is 2.19. The molecule has 1 saturated carbocycles. The third-order valence-corrected chi connectivity index (χ3v) is 3.15. The molecule has 0 radical (unpaired) electrons. The summed E-state index contributed by atoms with van der Waals surface area (Å²) in [6.45, 7) is 1.84. The van der Waals surface area contributed by atoms with Crippen molar-refractivity contribution in [2.75, 3.05) is 24.6 Å². The minimum absolute atomic E-state index is 0.151. The molecule has 0 aromatic heterocycles. The van der Waals surface area contributed by atoms with E-state index in [0.717, 1.165) is 24.6 Å². The lowest BCUT2D eigenvalue weighted by atomic mass is 10.5. The van der Waals surface area contributed by atoms with Gasteiger partial charge in [-0.25, -0.2) is 4.79 Å². The van der Waals surface area contributed by atoms with Crippen LogP contribution >= 0.6 is 11.8 Å². The molecule has 68 valence electrons. The first-order valence-corrected chi connectivity index (χ1v) is 5.65. The molecule has 1 saturated heterocycles. The van der Waals surface area contributed by atoms with Crippen LogP contribution in [0.5, 0.6) is 0 Å². The fourth-order valence-corrected chi connectivity index (χ4v) is 2.16. The molecule has 1 N–H and O–H groups in total. The smallest absolute Gasteiger partial charge is 0.317 e. The van der Waals surface area contributed by atoms with Crippen molar-refractivity contribution in [2.45, 2.75) is 18.9 Å². The zero-order valence-electron chi connectivity index (χ0n) is 7.08. The molecule has 1 heterocycles. The SMILES string of the molecule is O=C(NC1CC1)N1CCSCC1. The Balaban J connectivity index is 1.76. The quantitative estimate of drug-likeness (QED) is 0.660. The van der Waals surface area contributed by atoms with Crippen molar-refractivity contribution >= 4 is 17.8 Å². The van der Waals surface area contributed by atoms with Crippen LogP contribution in [0.1, 0.15) is 12.8 Å². The van der Waals surface area contributed by atoms with Crippen LogP contribution in [0.15, 0.2) is 0 Å². The predicted molar refractivity (Wildman–Crippen MR) is 50.5 cm³/mol. The average Bonchev–Trinajstić information content (AvgIpc) is 2.90. The molecule has 4 heteroatoms. The zero-order chi connectivity index (χ0) is 8.39. The molecule has 0 aromatic rings. The van der Waals surface area contributed by atoms with Crippen LogP contribution in [0.25, 0.3) is 0 Å². The Morgan fingerprint density at radius 2 is 2.00 bits per heavy atom. The van der Waals surface area contributed by atoms with Crippen LogP contribution in [0.2, 0.25) is 0 Å². The van der Waals surface area contributed by atoms with Crippen molar-refractivity contribution in [1.82, 2.24) is 10.2 Å². The van der Waals surface area contributed by atoms with E-state index in [1.165, 1.54) is 12.8 Å². The van der Waals surface area contributed by atoms with Gasteiger partial charge in [0.25, 0.3) is 0 Å². The first-order chi connectivity index (χ1) is 5.86. The van der Waals surface area contributed by atoms with E-state index < -0.39 is 0 Å². The predicted octanol–water partition coefficient (Wildman–Crippen LogP) is 0.907. The second-order valence-electron chi connectivity index (χ2n) is 3.32. The summed E-state index contributed by atoms with van der Waals surface area (Å²) in [7, 11) is 0. The lowest BCUT2D eigenvalue weighted by Gasteiger charge is -2.26. The summed E-state index contributed by atoms with van der Waals surface area (Å²) in [5, 5.41) is 3.00. The second-order valence-corrected chi connectivity index (χ2v) is 4.55. The number of hydrogen-bond acceptors (Lipinski definition) is 2. The molecule has 1 aliphatic heterocycles. The van der Waals surface area contributed by atoms with Gasteiger partial charge in [0.2, 0.25) is 0 Å². The van der Waals surface area contributed by atoms with Crippen molar-refractivity contribution in [3.63, 3.8) is 0 Å². The Labute approximate surface area is 76.9 Å². The standard InChI is InChI=1S/C8H14N2OS/c11-8(9-7-1-2-7)10-3-5-12-6-4-10/h7H,1-6H2,(H,9,11). The minimum atomic E-state index is 0.151. The van der Waals surface area contributed by atoms with Crippen molar-refractivity contribution in [1.29, 1.82) is 0 Å². The highest BCUT2D eigenvalue weighted by atomic mass is 32.2. The van der Waals surface area contributed by atoms with Crippen molar-refractivity contribution in [3.05, 3.63) is 0 Å². The van der Waals surface area contributed by atoms with Gasteiger partial charge in [-0.05, 0) is 12.8 Å². The number of nitrogens with zero attached hydrogens (tertiary/aromatic N) is 1. The molecule has 1 aliphatic carbocycles. The van der Waals surface area contributed by atoms with Gasteiger partial charge in [-0.2, -0.15) is 11.8 Å². The third kappa shape index (κ3) is 2.06. The number of hydrogen-bond donors (Lipinski definition) is 1. The number of rotatable bonds is 1. The molecule has 2 amide bonds. The fraction of sp³-hybridized carbons (Fsp3) is 0.875. The Hall–Kier alpha value is -0.380. The summed E-state index contributed by atoms with van der Waals surface area (Å²) in [4.78, 5) is 13.4. The van der Waals surface area contributed by atoms with Crippen molar-refractivity contribution in [3.8, 4) is 0 Å². The van der Waals surface area contributed by atoms with E-state index in [2.05, 4.69) is 5.32 Å². The Morgan fingerprint density at radius 1 is 1.33 bits per heavy atom. The maximum atomic E-state index is 11.5. The summed E-state index contributed by atoms with van der Waals surface area (Å²) in [5.74, 6) is 2.19. The van der Waals surface area contributed by atoms with Gasteiger partial charge >= 0.3 is 6.03 Å². The third-order valence-electron chi connectivity index (χ3n) is 2.20. The van der Waals surface area contributed by atoms with Gasteiger partial charge in [0.15, 0.2) is 0 Å². The first kappa shape index (κ1) is 8.23. The topological polar surface area (TPSA) is 32.3 Å². The fourth-order valence-electron chi connectivity index (χ4n) is 1.26. The number of amides is 2. The van der Waals surface area contributed by atoms with Gasteiger partial charge in [-0.1, -0.05) is 0 Å². The van der Waals surface area contributed by atoms with E-state index in [-0.39, 0.29) is 6.03 Å². The first-order valence-electron chi connectivity index (χ1n) is 4.49. The maximum Gasteiger partial charge on any atom is 0.317 e. The molecule has 3 nitrogen and oxygen atoms in total. The van der Waals surface area contributed by atoms with Crippen LogP contribution in [0.3, 0.4) is 0 Å². The summed E-state index contributed by atoms with van der Waals surface area (Å²) in [6, 6.07) is 0.643. The van der Waals surface area contributed by atoms with Gasteiger partial charge < -0.3 is 10.2 Å².